The maximum absolute atomic E-state index is 5.44. The number of aryl methyl sites for hydroxylation is 1. The van der Waals surface area contributed by atoms with Crippen LogP contribution in [0.2, 0.25) is 0 Å². The van der Waals surface area contributed by atoms with Crippen LogP contribution in [0.1, 0.15) is 32.9 Å². The number of rotatable bonds is 7. The number of nitrogens with zero attached hydrogens (tertiary/aromatic N) is 2. The zero-order valence-electron chi connectivity index (χ0n) is 10.4. The van der Waals surface area contributed by atoms with Gasteiger partial charge in [0.1, 0.15) is 12.1 Å². The number of nitrogens with one attached hydrogen (secondary N) is 1. The molecule has 1 aromatic rings. The van der Waals surface area contributed by atoms with Crippen LogP contribution >= 0.6 is 0 Å². The number of hydrogen-bond acceptors (Lipinski definition) is 4. The lowest BCUT2D eigenvalue weighted by Gasteiger charge is -2.13. The van der Waals surface area contributed by atoms with Crippen molar-refractivity contribution in [2.45, 2.75) is 39.7 Å². The smallest absolute Gasteiger partial charge is 0.129 e. The maximum Gasteiger partial charge on any atom is 0.129 e. The first-order chi connectivity index (χ1) is 7.76. The highest BCUT2D eigenvalue weighted by Gasteiger charge is 2.02. The van der Waals surface area contributed by atoms with E-state index in [0.717, 1.165) is 37.5 Å². The van der Waals surface area contributed by atoms with Crippen molar-refractivity contribution in [2.75, 3.05) is 18.5 Å². The summed E-state index contributed by atoms with van der Waals surface area (Å²) in [5.41, 5.74) is 1.09. The number of anilines is 1. The van der Waals surface area contributed by atoms with Crippen molar-refractivity contribution < 1.29 is 4.74 Å². The molecule has 0 spiro atoms. The van der Waals surface area contributed by atoms with Crippen molar-refractivity contribution in [3.8, 4) is 0 Å². The van der Waals surface area contributed by atoms with Gasteiger partial charge in [-0.05, 0) is 20.3 Å². The van der Waals surface area contributed by atoms with Gasteiger partial charge in [-0.25, -0.2) is 9.97 Å². The highest BCUT2D eigenvalue weighted by atomic mass is 16.5. The van der Waals surface area contributed by atoms with Crippen molar-refractivity contribution in [1.82, 2.24) is 9.97 Å². The average Bonchev–Trinajstić information content (AvgIpc) is 2.28. The highest BCUT2D eigenvalue weighted by molar-refractivity contribution is 5.34. The fourth-order valence-electron chi connectivity index (χ4n) is 1.48. The van der Waals surface area contributed by atoms with E-state index in [1.807, 2.05) is 19.9 Å². The number of ether oxygens (including phenoxy) is 1. The molecule has 90 valence electrons. The van der Waals surface area contributed by atoms with Gasteiger partial charge < -0.3 is 10.1 Å². The molecule has 4 heteroatoms. The predicted molar refractivity (Wildman–Crippen MR) is 65.6 cm³/mol. The van der Waals surface area contributed by atoms with E-state index in [9.17, 15) is 0 Å². The van der Waals surface area contributed by atoms with E-state index >= 15 is 0 Å². The molecule has 1 unspecified atom stereocenters. The van der Waals surface area contributed by atoms with Gasteiger partial charge in [0, 0.05) is 24.9 Å². The molecule has 0 amide bonds. The van der Waals surface area contributed by atoms with Crippen LogP contribution < -0.4 is 5.32 Å². The molecule has 0 aliphatic rings. The minimum Gasteiger partial charge on any atom is -0.377 e. The largest absolute Gasteiger partial charge is 0.377 e. The molecule has 1 rings (SSSR count). The molecular weight excluding hydrogens is 202 g/mol. The molecule has 0 radical (unpaired) electrons. The van der Waals surface area contributed by atoms with Crippen LogP contribution in [-0.4, -0.2) is 29.2 Å². The molecule has 0 saturated heterocycles. The standard InChI is InChI=1S/C12H21N3O/c1-4-6-11-7-12(15-9-14-11)13-8-10(3)16-5-2/h7,9-10H,4-6,8H2,1-3H3,(H,13,14,15). The Labute approximate surface area is 97.5 Å². The van der Waals surface area contributed by atoms with Crippen LogP contribution in [0.5, 0.6) is 0 Å². The molecule has 16 heavy (non-hydrogen) atoms. The zero-order valence-corrected chi connectivity index (χ0v) is 10.4. The van der Waals surface area contributed by atoms with E-state index in [0.29, 0.717) is 0 Å². The summed E-state index contributed by atoms with van der Waals surface area (Å²) < 4.78 is 5.44. The van der Waals surface area contributed by atoms with E-state index in [2.05, 4.69) is 22.2 Å². The lowest BCUT2D eigenvalue weighted by Crippen LogP contribution is -2.20. The van der Waals surface area contributed by atoms with Crippen molar-refractivity contribution in [2.24, 2.45) is 0 Å². The van der Waals surface area contributed by atoms with Crippen LogP contribution in [0, 0.1) is 0 Å². The second kappa shape index (κ2) is 7.17. The quantitative estimate of drug-likeness (QED) is 0.770. The molecule has 0 fully saturated rings. The topological polar surface area (TPSA) is 47.0 Å². The first-order valence-electron chi connectivity index (χ1n) is 5.92. The Bertz CT molecular complexity index is 304. The molecular formula is C12H21N3O. The summed E-state index contributed by atoms with van der Waals surface area (Å²) in [6, 6.07) is 2.00. The maximum atomic E-state index is 5.44. The average molecular weight is 223 g/mol. The summed E-state index contributed by atoms with van der Waals surface area (Å²) >= 11 is 0. The lowest BCUT2D eigenvalue weighted by atomic mass is 10.2. The van der Waals surface area contributed by atoms with Gasteiger partial charge >= 0.3 is 0 Å². The summed E-state index contributed by atoms with van der Waals surface area (Å²) in [6.07, 6.45) is 3.91. The minimum absolute atomic E-state index is 0.203. The zero-order chi connectivity index (χ0) is 11.8. The van der Waals surface area contributed by atoms with E-state index in [4.69, 9.17) is 4.74 Å². The minimum atomic E-state index is 0.203. The Morgan fingerprint density at radius 1 is 1.38 bits per heavy atom. The molecule has 1 aromatic heterocycles. The second-order valence-electron chi connectivity index (χ2n) is 3.79. The summed E-state index contributed by atoms with van der Waals surface area (Å²) in [5.74, 6) is 0.880. The third-order valence-electron chi connectivity index (χ3n) is 2.25. The Morgan fingerprint density at radius 3 is 2.88 bits per heavy atom. The molecule has 0 saturated carbocycles. The van der Waals surface area contributed by atoms with E-state index in [1.54, 1.807) is 6.33 Å². The predicted octanol–water partition coefficient (Wildman–Crippen LogP) is 2.27. The SMILES string of the molecule is CCCc1cc(NCC(C)OCC)ncn1. The molecule has 0 bridgehead atoms. The Morgan fingerprint density at radius 2 is 2.19 bits per heavy atom. The van der Waals surface area contributed by atoms with Crippen LogP contribution in [0.25, 0.3) is 0 Å². The molecule has 0 aliphatic heterocycles. The van der Waals surface area contributed by atoms with Gasteiger partial charge in [-0.3, -0.25) is 0 Å². The monoisotopic (exact) mass is 223 g/mol. The van der Waals surface area contributed by atoms with Crippen molar-refractivity contribution >= 4 is 5.82 Å². The van der Waals surface area contributed by atoms with Crippen molar-refractivity contribution in [1.29, 1.82) is 0 Å². The molecule has 4 nitrogen and oxygen atoms in total. The molecule has 0 aromatic carbocycles. The Kier molecular flexibility index (Phi) is 5.78. The van der Waals surface area contributed by atoms with Crippen LogP contribution in [0.3, 0.4) is 0 Å². The third kappa shape index (κ3) is 4.57. The lowest BCUT2D eigenvalue weighted by molar-refractivity contribution is 0.0855. The summed E-state index contributed by atoms with van der Waals surface area (Å²) in [5, 5.41) is 3.25. The second-order valence-corrected chi connectivity index (χ2v) is 3.79. The Hall–Kier alpha value is -1.16. The van der Waals surface area contributed by atoms with Crippen LogP contribution in [0.15, 0.2) is 12.4 Å². The van der Waals surface area contributed by atoms with Gasteiger partial charge in [-0.1, -0.05) is 13.3 Å². The number of aromatic nitrogens is 2. The first kappa shape index (κ1) is 12.9. The molecule has 1 N–H and O–H groups in total. The van der Waals surface area contributed by atoms with Gasteiger partial charge in [-0.15, -0.1) is 0 Å². The normalized spacial score (nSPS) is 12.4. The Balaban J connectivity index is 2.44. The van der Waals surface area contributed by atoms with Gasteiger partial charge in [0.2, 0.25) is 0 Å². The van der Waals surface area contributed by atoms with E-state index < -0.39 is 0 Å². The highest BCUT2D eigenvalue weighted by Crippen LogP contribution is 2.06. The van der Waals surface area contributed by atoms with Gasteiger partial charge in [0.25, 0.3) is 0 Å². The number of hydrogen-bond donors (Lipinski definition) is 1. The third-order valence-corrected chi connectivity index (χ3v) is 2.25. The van der Waals surface area contributed by atoms with E-state index in [-0.39, 0.29) is 6.10 Å². The van der Waals surface area contributed by atoms with Crippen LogP contribution in [-0.2, 0) is 11.2 Å². The first-order valence-corrected chi connectivity index (χ1v) is 5.92. The fourth-order valence-corrected chi connectivity index (χ4v) is 1.48. The van der Waals surface area contributed by atoms with Gasteiger partial charge in [0.05, 0.1) is 6.10 Å². The summed E-state index contributed by atoms with van der Waals surface area (Å²) in [7, 11) is 0. The molecule has 1 heterocycles. The van der Waals surface area contributed by atoms with Crippen LogP contribution in [0.4, 0.5) is 5.82 Å². The van der Waals surface area contributed by atoms with Crippen molar-refractivity contribution in [3.63, 3.8) is 0 Å². The molecule has 0 aliphatic carbocycles. The molecule has 1 atom stereocenters. The van der Waals surface area contributed by atoms with Gasteiger partial charge in [0.15, 0.2) is 0 Å². The fraction of sp³-hybridized carbons (Fsp3) is 0.667. The summed E-state index contributed by atoms with van der Waals surface area (Å²) in [6.45, 7) is 7.71. The van der Waals surface area contributed by atoms with Crippen molar-refractivity contribution in [3.05, 3.63) is 18.1 Å². The summed E-state index contributed by atoms with van der Waals surface area (Å²) in [4.78, 5) is 8.39. The van der Waals surface area contributed by atoms with Gasteiger partial charge in [-0.2, -0.15) is 0 Å². The van der Waals surface area contributed by atoms with E-state index in [1.165, 1.54) is 0 Å².